The van der Waals surface area contributed by atoms with Crippen LogP contribution in [0.4, 0.5) is 5.69 Å². The number of rotatable bonds is 10. The Morgan fingerprint density at radius 3 is 2.29 bits per heavy atom. The SMILES string of the molecule is CC[C@@H](C(=O)NC)N(Cc1ccc(Cl)cc1Cl)C(=O)CN(c1cccc(C(C)=O)c1)S(C)(=O)=O. The topological polar surface area (TPSA) is 104 Å². The van der Waals surface area contributed by atoms with Crippen LogP contribution in [0.2, 0.25) is 10.0 Å². The first-order chi connectivity index (χ1) is 15.9. The Morgan fingerprint density at radius 1 is 1.09 bits per heavy atom. The molecule has 0 fully saturated rings. The number of Topliss-reactive ketones (excluding diaryl/α,β-unsaturated/α-hetero) is 1. The maximum atomic E-state index is 13.5. The number of nitrogens with zero attached hydrogens (tertiary/aromatic N) is 2. The van der Waals surface area contributed by atoms with Gasteiger partial charge in [-0.05, 0) is 43.2 Å². The molecule has 2 aromatic rings. The van der Waals surface area contributed by atoms with Crippen LogP contribution in [0, 0.1) is 0 Å². The second kappa shape index (κ2) is 11.7. The summed E-state index contributed by atoms with van der Waals surface area (Å²) < 4.78 is 26.1. The van der Waals surface area contributed by atoms with Gasteiger partial charge in [-0.15, -0.1) is 0 Å². The third-order valence-corrected chi connectivity index (χ3v) is 6.94. The number of hydrogen-bond donors (Lipinski definition) is 1. The summed E-state index contributed by atoms with van der Waals surface area (Å²) in [6.07, 6.45) is 1.26. The highest BCUT2D eigenvalue weighted by Gasteiger charge is 2.31. The van der Waals surface area contributed by atoms with Crippen molar-refractivity contribution in [1.29, 1.82) is 0 Å². The second-order valence-electron chi connectivity index (χ2n) is 7.67. The number of amides is 2. The van der Waals surface area contributed by atoms with E-state index in [0.29, 0.717) is 21.2 Å². The number of carbonyl (C=O) groups is 3. The van der Waals surface area contributed by atoms with Crippen LogP contribution in [0.3, 0.4) is 0 Å². The van der Waals surface area contributed by atoms with Crippen LogP contribution in [0.15, 0.2) is 42.5 Å². The molecule has 1 N–H and O–H groups in total. The largest absolute Gasteiger partial charge is 0.357 e. The van der Waals surface area contributed by atoms with Gasteiger partial charge in [-0.3, -0.25) is 18.7 Å². The normalized spacial score (nSPS) is 12.1. The zero-order valence-electron chi connectivity index (χ0n) is 19.3. The van der Waals surface area contributed by atoms with Crippen molar-refractivity contribution in [3.05, 3.63) is 63.6 Å². The third kappa shape index (κ3) is 6.94. The molecular weight excluding hydrogens is 501 g/mol. The molecule has 2 amide bonds. The first kappa shape index (κ1) is 27.6. The van der Waals surface area contributed by atoms with Crippen molar-refractivity contribution in [2.75, 3.05) is 24.2 Å². The molecule has 0 bridgehead atoms. The fourth-order valence-electron chi connectivity index (χ4n) is 3.41. The van der Waals surface area contributed by atoms with Gasteiger partial charge in [0, 0.05) is 29.2 Å². The Hall–Kier alpha value is -2.62. The lowest BCUT2D eigenvalue weighted by atomic mass is 10.1. The number of halogens is 2. The number of carbonyl (C=O) groups excluding carboxylic acids is 3. The highest BCUT2D eigenvalue weighted by atomic mass is 35.5. The van der Waals surface area contributed by atoms with Gasteiger partial charge < -0.3 is 10.2 Å². The molecule has 0 saturated carbocycles. The fraction of sp³-hybridized carbons (Fsp3) is 0.348. The molecule has 11 heteroatoms. The van der Waals surface area contributed by atoms with Gasteiger partial charge in [0.2, 0.25) is 21.8 Å². The predicted molar refractivity (Wildman–Crippen MR) is 134 cm³/mol. The second-order valence-corrected chi connectivity index (χ2v) is 10.4. The molecule has 0 aliphatic rings. The van der Waals surface area contributed by atoms with E-state index in [4.69, 9.17) is 23.2 Å². The molecule has 2 aromatic carbocycles. The van der Waals surface area contributed by atoms with E-state index in [1.54, 1.807) is 31.2 Å². The first-order valence-electron chi connectivity index (χ1n) is 10.4. The van der Waals surface area contributed by atoms with Gasteiger partial charge >= 0.3 is 0 Å². The van der Waals surface area contributed by atoms with E-state index in [-0.39, 0.29) is 24.4 Å². The average Bonchev–Trinajstić information content (AvgIpc) is 2.77. The minimum atomic E-state index is -3.90. The molecule has 0 saturated heterocycles. The number of benzene rings is 2. The van der Waals surface area contributed by atoms with E-state index >= 15 is 0 Å². The molecule has 0 aliphatic heterocycles. The zero-order valence-corrected chi connectivity index (χ0v) is 21.7. The van der Waals surface area contributed by atoms with E-state index in [0.717, 1.165) is 10.6 Å². The Balaban J connectivity index is 2.49. The van der Waals surface area contributed by atoms with Crippen molar-refractivity contribution in [2.24, 2.45) is 0 Å². The van der Waals surface area contributed by atoms with Crippen molar-refractivity contribution in [2.45, 2.75) is 32.9 Å². The summed E-state index contributed by atoms with van der Waals surface area (Å²) in [4.78, 5) is 39.1. The van der Waals surface area contributed by atoms with E-state index < -0.39 is 34.4 Å². The summed E-state index contributed by atoms with van der Waals surface area (Å²) in [5, 5.41) is 3.27. The van der Waals surface area contributed by atoms with Gasteiger partial charge in [0.1, 0.15) is 12.6 Å². The molecule has 0 unspecified atom stereocenters. The van der Waals surface area contributed by atoms with Gasteiger partial charge in [0.25, 0.3) is 0 Å². The van der Waals surface area contributed by atoms with Crippen LogP contribution >= 0.6 is 23.2 Å². The number of nitrogens with one attached hydrogen (secondary N) is 1. The van der Waals surface area contributed by atoms with E-state index in [1.165, 1.54) is 37.1 Å². The monoisotopic (exact) mass is 527 g/mol. The Bertz CT molecular complexity index is 1190. The van der Waals surface area contributed by atoms with Crippen LogP contribution in [0.25, 0.3) is 0 Å². The predicted octanol–water partition coefficient (Wildman–Crippen LogP) is 3.52. The number of anilines is 1. The highest BCUT2D eigenvalue weighted by Crippen LogP contribution is 2.25. The van der Waals surface area contributed by atoms with E-state index in [1.807, 2.05) is 0 Å². The van der Waals surface area contributed by atoms with Gasteiger partial charge in [-0.2, -0.15) is 0 Å². The van der Waals surface area contributed by atoms with Crippen LogP contribution in [-0.4, -0.2) is 56.8 Å². The molecule has 0 aromatic heterocycles. The maximum Gasteiger partial charge on any atom is 0.244 e. The Labute approximate surface area is 209 Å². The lowest BCUT2D eigenvalue weighted by Crippen LogP contribution is -2.51. The lowest BCUT2D eigenvalue weighted by molar-refractivity contribution is -0.140. The van der Waals surface area contributed by atoms with Crippen LogP contribution < -0.4 is 9.62 Å². The Kier molecular flexibility index (Phi) is 9.49. The molecule has 0 spiro atoms. The zero-order chi connectivity index (χ0) is 25.6. The van der Waals surface area contributed by atoms with Crippen molar-refractivity contribution in [3.8, 4) is 0 Å². The van der Waals surface area contributed by atoms with Crippen molar-refractivity contribution < 1.29 is 22.8 Å². The Morgan fingerprint density at radius 2 is 1.76 bits per heavy atom. The highest BCUT2D eigenvalue weighted by molar-refractivity contribution is 7.92. The summed E-state index contributed by atoms with van der Waals surface area (Å²) in [6, 6.07) is 9.92. The first-order valence-corrected chi connectivity index (χ1v) is 13.0. The number of ketones is 1. The standard InChI is InChI=1S/C23H27Cl2N3O5S/c1-5-21(23(31)26-3)27(13-17-9-10-18(24)12-20(17)25)22(30)14-28(34(4,32)33)19-8-6-7-16(11-19)15(2)29/h6-12,21H,5,13-14H2,1-4H3,(H,26,31)/t21-/m0/s1. The third-order valence-electron chi connectivity index (χ3n) is 5.21. The molecule has 0 aliphatic carbocycles. The van der Waals surface area contributed by atoms with Crippen molar-refractivity contribution >= 4 is 56.5 Å². The van der Waals surface area contributed by atoms with Crippen LogP contribution in [0.5, 0.6) is 0 Å². The molecule has 0 heterocycles. The summed E-state index contributed by atoms with van der Waals surface area (Å²) in [7, 11) is -2.45. The molecule has 8 nitrogen and oxygen atoms in total. The number of sulfonamides is 1. The van der Waals surface area contributed by atoms with E-state index in [9.17, 15) is 22.8 Å². The lowest BCUT2D eigenvalue weighted by Gasteiger charge is -2.32. The molecule has 0 radical (unpaired) electrons. The average molecular weight is 528 g/mol. The van der Waals surface area contributed by atoms with E-state index in [2.05, 4.69) is 5.32 Å². The van der Waals surface area contributed by atoms with Gasteiger partial charge in [-0.1, -0.05) is 48.3 Å². The summed E-state index contributed by atoms with van der Waals surface area (Å²) in [6.45, 7) is 2.50. The minimum absolute atomic E-state index is 0.0359. The quantitative estimate of drug-likeness (QED) is 0.476. The molecule has 1 atom stereocenters. The summed E-state index contributed by atoms with van der Waals surface area (Å²) >= 11 is 12.3. The van der Waals surface area contributed by atoms with Gasteiger partial charge in [0.05, 0.1) is 11.9 Å². The minimum Gasteiger partial charge on any atom is -0.357 e. The smallest absolute Gasteiger partial charge is 0.244 e. The van der Waals surface area contributed by atoms with Gasteiger partial charge in [0.15, 0.2) is 5.78 Å². The molecule has 184 valence electrons. The maximum absolute atomic E-state index is 13.5. The van der Waals surface area contributed by atoms with Crippen molar-refractivity contribution in [3.63, 3.8) is 0 Å². The molecule has 34 heavy (non-hydrogen) atoms. The number of likely N-dealkylation sites (N-methyl/N-ethyl adjacent to an activating group) is 1. The number of hydrogen-bond acceptors (Lipinski definition) is 5. The summed E-state index contributed by atoms with van der Waals surface area (Å²) in [5.74, 6) is -1.25. The molecule has 2 rings (SSSR count). The van der Waals surface area contributed by atoms with Gasteiger partial charge in [-0.25, -0.2) is 8.42 Å². The van der Waals surface area contributed by atoms with Crippen molar-refractivity contribution in [1.82, 2.24) is 10.2 Å². The summed E-state index contributed by atoms with van der Waals surface area (Å²) in [5.41, 5.74) is 1.02. The molecular formula is C23H27Cl2N3O5S. The van der Waals surface area contributed by atoms with Crippen LogP contribution in [-0.2, 0) is 26.2 Å². The van der Waals surface area contributed by atoms with Crippen LogP contribution in [0.1, 0.15) is 36.2 Å². The fourth-order valence-corrected chi connectivity index (χ4v) is 4.72.